The first kappa shape index (κ1) is 22.5. The van der Waals surface area contributed by atoms with Crippen molar-refractivity contribution in [2.24, 2.45) is 0 Å². The Morgan fingerprint density at radius 2 is 1.71 bits per heavy atom. The summed E-state index contributed by atoms with van der Waals surface area (Å²) >= 11 is 0. The summed E-state index contributed by atoms with van der Waals surface area (Å²) in [4.78, 5) is 39.4. The number of hydrogen-bond acceptors (Lipinski definition) is 4. The zero-order valence-electron chi connectivity index (χ0n) is 18.0. The molecule has 164 valence electrons. The van der Waals surface area contributed by atoms with E-state index in [0.29, 0.717) is 42.9 Å². The molecule has 0 radical (unpaired) electrons. The largest absolute Gasteiger partial charge is 0.385 e. The SMILES string of the molecule is COCCCNC(=O)C1CCCN1C(=O)c1ccc(NC(=O)c2ccc(C)cc2)cc1. The van der Waals surface area contributed by atoms with E-state index < -0.39 is 6.04 Å². The number of aryl methyl sites for hydroxylation is 1. The Kier molecular flexibility index (Phi) is 7.78. The normalized spacial score (nSPS) is 15.5. The maximum absolute atomic E-state index is 13.0. The molecule has 0 bridgehead atoms. The molecule has 0 spiro atoms. The number of methoxy groups -OCH3 is 1. The van der Waals surface area contributed by atoms with Crippen LogP contribution in [-0.2, 0) is 9.53 Å². The molecule has 1 aliphatic rings. The Bertz CT molecular complexity index is 909. The molecule has 3 amide bonds. The molecule has 1 heterocycles. The van der Waals surface area contributed by atoms with E-state index in [9.17, 15) is 14.4 Å². The second-order valence-electron chi connectivity index (χ2n) is 7.69. The molecular formula is C24H29N3O4. The number of anilines is 1. The van der Waals surface area contributed by atoms with Crippen LogP contribution >= 0.6 is 0 Å². The van der Waals surface area contributed by atoms with Crippen LogP contribution < -0.4 is 10.6 Å². The topological polar surface area (TPSA) is 87.7 Å². The predicted octanol–water partition coefficient (Wildman–Crippen LogP) is 3.00. The number of carbonyl (C=O) groups excluding carboxylic acids is 3. The van der Waals surface area contributed by atoms with Gasteiger partial charge >= 0.3 is 0 Å². The fourth-order valence-electron chi connectivity index (χ4n) is 3.60. The van der Waals surface area contributed by atoms with Crippen molar-refractivity contribution in [1.82, 2.24) is 10.2 Å². The van der Waals surface area contributed by atoms with E-state index in [4.69, 9.17) is 4.74 Å². The van der Waals surface area contributed by atoms with Gasteiger partial charge in [0.2, 0.25) is 5.91 Å². The Balaban J connectivity index is 1.59. The average molecular weight is 424 g/mol. The minimum absolute atomic E-state index is 0.121. The summed E-state index contributed by atoms with van der Waals surface area (Å²) in [7, 11) is 1.62. The first-order valence-corrected chi connectivity index (χ1v) is 10.6. The number of hydrogen-bond donors (Lipinski definition) is 2. The van der Waals surface area contributed by atoms with Gasteiger partial charge in [-0.15, -0.1) is 0 Å². The van der Waals surface area contributed by atoms with Gasteiger partial charge in [-0.05, 0) is 62.6 Å². The molecule has 3 rings (SSSR count). The van der Waals surface area contributed by atoms with Gasteiger partial charge in [0.25, 0.3) is 11.8 Å². The molecule has 7 heteroatoms. The third-order valence-electron chi connectivity index (χ3n) is 5.34. The number of likely N-dealkylation sites (tertiary alicyclic amines) is 1. The van der Waals surface area contributed by atoms with Crippen LogP contribution in [0.5, 0.6) is 0 Å². The van der Waals surface area contributed by atoms with Crippen LogP contribution in [0, 0.1) is 6.92 Å². The molecule has 0 aliphatic carbocycles. The smallest absolute Gasteiger partial charge is 0.255 e. The molecule has 2 N–H and O–H groups in total. The summed E-state index contributed by atoms with van der Waals surface area (Å²) in [6.07, 6.45) is 2.19. The standard InChI is InChI=1S/C24H29N3O4/c1-17-6-8-18(9-7-17)22(28)26-20-12-10-19(11-13-20)24(30)27-15-3-5-21(27)23(29)25-14-4-16-31-2/h6-13,21H,3-5,14-16H2,1-2H3,(H,25,29)(H,26,28). The van der Waals surface area contributed by atoms with Gasteiger partial charge < -0.3 is 20.3 Å². The maximum Gasteiger partial charge on any atom is 0.255 e. The quantitative estimate of drug-likeness (QED) is 0.639. The minimum atomic E-state index is -0.448. The summed E-state index contributed by atoms with van der Waals surface area (Å²) in [5, 5.41) is 5.72. The van der Waals surface area contributed by atoms with Crippen molar-refractivity contribution in [3.8, 4) is 0 Å². The molecule has 0 aromatic heterocycles. The molecule has 1 fully saturated rings. The summed E-state index contributed by atoms with van der Waals surface area (Å²) in [5.74, 6) is -0.501. The Morgan fingerprint density at radius 3 is 2.39 bits per heavy atom. The third-order valence-corrected chi connectivity index (χ3v) is 5.34. The van der Waals surface area contributed by atoms with Gasteiger partial charge in [-0.1, -0.05) is 17.7 Å². The number of benzene rings is 2. The van der Waals surface area contributed by atoms with Gasteiger partial charge in [0.15, 0.2) is 0 Å². The molecule has 2 aromatic carbocycles. The van der Waals surface area contributed by atoms with E-state index in [1.807, 2.05) is 19.1 Å². The van der Waals surface area contributed by atoms with E-state index in [1.165, 1.54) is 0 Å². The third kappa shape index (κ3) is 5.92. The lowest BCUT2D eigenvalue weighted by Gasteiger charge is -2.24. The fourth-order valence-corrected chi connectivity index (χ4v) is 3.60. The zero-order valence-corrected chi connectivity index (χ0v) is 18.0. The van der Waals surface area contributed by atoms with Gasteiger partial charge in [0, 0.05) is 43.6 Å². The number of carbonyl (C=O) groups is 3. The lowest BCUT2D eigenvalue weighted by Crippen LogP contribution is -2.46. The van der Waals surface area contributed by atoms with Crippen LogP contribution in [0.3, 0.4) is 0 Å². The van der Waals surface area contributed by atoms with Crippen molar-refractivity contribution in [1.29, 1.82) is 0 Å². The summed E-state index contributed by atoms with van der Waals surface area (Å²) in [6, 6.07) is 13.6. The second kappa shape index (κ2) is 10.7. The molecule has 2 aromatic rings. The van der Waals surface area contributed by atoms with Gasteiger partial charge in [-0.3, -0.25) is 14.4 Å². The number of rotatable bonds is 8. The Hall–Kier alpha value is -3.19. The van der Waals surface area contributed by atoms with Crippen molar-refractivity contribution in [2.45, 2.75) is 32.2 Å². The second-order valence-corrected chi connectivity index (χ2v) is 7.69. The average Bonchev–Trinajstić information content (AvgIpc) is 3.27. The predicted molar refractivity (Wildman–Crippen MR) is 119 cm³/mol. The summed E-state index contributed by atoms with van der Waals surface area (Å²) < 4.78 is 4.99. The molecular weight excluding hydrogens is 394 g/mol. The molecule has 0 saturated carbocycles. The Labute approximate surface area is 182 Å². The monoisotopic (exact) mass is 423 g/mol. The van der Waals surface area contributed by atoms with Crippen LogP contribution in [0.25, 0.3) is 0 Å². The molecule has 1 aliphatic heterocycles. The highest BCUT2D eigenvalue weighted by atomic mass is 16.5. The van der Waals surface area contributed by atoms with E-state index in [1.54, 1.807) is 48.4 Å². The van der Waals surface area contributed by atoms with Crippen LogP contribution in [0.15, 0.2) is 48.5 Å². The van der Waals surface area contributed by atoms with E-state index in [0.717, 1.165) is 18.4 Å². The Morgan fingerprint density at radius 1 is 1.03 bits per heavy atom. The van der Waals surface area contributed by atoms with Crippen LogP contribution in [0.2, 0.25) is 0 Å². The van der Waals surface area contributed by atoms with Crippen LogP contribution in [-0.4, -0.2) is 55.5 Å². The highest BCUT2D eigenvalue weighted by molar-refractivity contribution is 6.04. The van der Waals surface area contributed by atoms with Crippen molar-refractivity contribution in [3.05, 3.63) is 65.2 Å². The van der Waals surface area contributed by atoms with Gasteiger partial charge in [-0.25, -0.2) is 0 Å². The van der Waals surface area contributed by atoms with Crippen molar-refractivity contribution < 1.29 is 19.1 Å². The van der Waals surface area contributed by atoms with E-state index >= 15 is 0 Å². The molecule has 1 atom stereocenters. The number of amides is 3. The molecule has 1 unspecified atom stereocenters. The number of ether oxygens (including phenoxy) is 1. The van der Waals surface area contributed by atoms with Crippen molar-refractivity contribution in [3.63, 3.8) is 0 Å². The highest BCUT2D eigenvalue weighted by Gasteiger charge is 2.34. The van der Waals surface area contributed by atoms with Gasteiger partial charge in [-0.2, -0.15) is 0 Å². The van der Waals surface area contributed by atoms with E-state index in [-0.39, 0.29) is 17.7 Å². The minimum Gasteiger partial charge on any atom is -0.385 e. The molecule has 7 nitrogen and oxygen atoms in total. The highest BCUT2D eigenvalue weighted by Crippen LogP contribution is 2.21. The molecule has 31 heavy (non-hydrogen) atoms. The lowest BCUT2D eigenvalue weighted by atomic mass is 10.1. The summed E-state index contributed by atoms with van der Waals surface area (Å²) in [5.41, 5.74) is 2.76. The van der Waals surface area contributed by atoms with Gasteiger partial charge in [0.1, 0.15) is 6.04 Å². The maximum atomic E-state index is 13.0. The molecule has 1 saturated heterocycles. The van der Waals surface area contributed by atoms with Crippen molar-refractivity contribution >= 4 is 23.4 Å². The number of nitrogens with zero attached hydrogens (tertiary/aromatic N) is 1. The lowest BCUT2D eigenvalue weighted by molar-refractivity contribution is -0.124. The zero-order chi connectivity index (χ0) is 22.2. The first-order chi connectivity index (χ1) is 15.0. The van der Waals surface area contributed by atoms with Gasteiger partial charge in [0.05, 0.1) is 0 Å². The van der Waals surface area contributed by atoms with Crippen LogP contribution in [0.4, 0.5) is 5.69 Å². The first-order valence-electron chi connectivity index (χ1n) is 10.6. The number of nitrogens with one attached hydrogen (secondary N) is 2. The fraction of sp³-hybridized carbons (Fsp3) is 0.375. The van der Waals surface area contributed by atoms with Crippen molar-refractivity contribution in [2.75, 3.05) is 32.1 Å². The van der Waals surface area contributed by atoms with Crippen LogP contribution in [0.1, 0.15) is 45.5 Å². The summed E-state index contributed by atoms with van der Waals surface area (Å²) in [6.45, 7) is 3.63. The van der Waals surface area contributed by atoms with E-state index in [2.05, 4.69) is 10.6 Å².